The van der Waals surface area contributed by atoms with E-state index in [2.05, 4.69) is 20.3 Å². The summed E-state index contributed by atoms with van der Waals surface area (Å²) in [6.07, 6.45) is 4.45. The molecule has 1 atom stereocenters. The number of H-pyrrole nitrogens is 1. The zero-order valence-corrected chi connectivity index (χ0v) is 15.3. The van der Waals surface area contributed by atoms with Gasteiger partial charge in [0.1, 0.15) is 12.1 Å². The van der Waals surface area contributed by atoms with Crippen molar-refractivity contribution >= 4 is 22.6 Å². The number of likely N-dealkylation sites (N-methyl/N-ethyl adjacent to an activating group) is 1. The quantitative estimate of drug-likeness (QED) is 0.702. The van der Waals surface area contributed by atoms with Gasteiger partial charge in [-0.05, 0) is 30.7 Å². The van der Waals surface area contributed by atoms with Gasteiger partial charge < -0.3 is 19.9 Å². The van der Waals surface area contributed by atoms with Crippen molar-refractivity contribution in [3.63, 3.8) is 0 Å². The maximum absolute atomic E-state index is 12.6. The van der Waals surface area contributed by atoms with Crippen molar-refractivity contribution in [3.05, 3.63) is 54.1 Å². The van der Waals surface area contributed by atoms with E-state index in [1.807, 2.05) is 43.6 Å². The van der Waals surface area contributed by atoms with Gasteiger partial charge in [0.15, 0.2) is 0 Å². The number of aromatic amines is 1. The van der Waals surface area contributed by atoms with E-state index in [0.29, 0.717) is 24.6 Å². The molecule has 7 nitrogen and oxygen atoms in total. The Labute approximate surface area is 157 Å². The minimum Gasteiger partial charge on any atom is -0.381 e. The molecule has 1 aliphatic heterocycles. The second-order valence-corrected chi connectivity index (χ2v) is 6.82. The van der Waals surface area contributed by atoms with Gasteiger partial charge in [0.05, 0.1) is 12.3 Å². The SMILES string of the molecule is CN(CCNc1cc(C2CCOC2)ncn1)C(=O)c1ccc2[nH]ccc2c1. The molecule has 1 saturated heterocycles. The van der Waals surface area contributed by atoms with Gasteiger partial charge in [-0.1, -0.05) is 0 Å². The van der Waals surface area contributed by atoms with Crippen LogP contribution in [-0.2, 0) is 4.74 Å². The number of amides is 1. The third-order valence-electron chi connectivity index (χ3n) is 4.94. The first kappa shape index (κ1) is 17.5. The van der Waals surface area contributed by atoms with E-state index in [1.165, 1.54) is 0 Å². The number of hydrogen-bond donors (Lipinski definition) is 2. The second kappa shape index (κ2) is 7.75. The van der Waals surface area contributed by atoms with Crippen molar-refractivity contribution in [1.82, 2.24) is 19.9 Å². The highest BCUT2D eigenvalue weighted by Crippen LogP contribution is 2.24. The van der Waals surface area contributed by atoms with Gasteiger partial charge in [0.25, 0.3) is 5.91 Å². The maximum Gasteiger partial charge on any atom is 0.253 e. The minimum absolute atomic E-state index is 0.00591. The molecule has 0 aliphatic carbocycles. The minimum atomic E-state index is 0.00591. The molecule has 0 spiro atoms. The van der Waals surface area contributed by atoms with Gasteiger partial charge in [0, 0.05) is 61.4 Å². The molecule has 1 fully saturated rings. The van der Waals surface area contributed by atoms with E-state index >= 15 is 0 Å². The number of rotatable bonds is 6. The molecule has 27 heavy (non-hydrogen) atoms. The fraction of sp³-hybridized carbons (Fsp3) is 0.350. The summed E-state index contributed by atoms with van der Waals surface area (Å²) in [5.74, 6) is 1.13. The number of nitrogens with one attached hydrogen (secondary N) is 2. The molecular weight excluding hydrogens is 342 g/mol. The van der Waals surface area contributed by atoms with Crippen LogP contribution < -0.4 is 5.32 Å². The van der Waals surface area contributed by atoms with Crippen LogP contribution in [0.5, 0.6) is 0 Å². The summed E-state index contributed by atoms with van der Waals surface area (Å²) in [5.41, 5.74) is 2.73. The molecule has 0 saturated carbocycles. The first-order chi connectivity index (χ1) is 13.2. The third kappa shape index (κ3) is 3.93. The molecule has 7 heteroatoms. The number of nitrogens with zero attached hydrogens (tertiary/aromatic N) is 3. The van der Waals surface area contributed by atoms with E-state index in [1.54, 1.807) is 11.2 Å². The van der Waals surface area contributed by atoms with Gasteiger partial charge in [0.2, 0.25) is 0 Å². The van der Waals surface area contributed by atoms with E-state index in [4.69, 9.17) is 4.74 Å². The Balaban J connectivity index is 1.33. The van der Waals surface area contributed by atoms with Crippen molar-refractivity contribution in [3.8, 4) is 0 Å². The molecule has 2 aromatic heterocycles. The van der Waals surface area contributed by atoms with E-state index in [-0.39, 0.29) is 5.91 Å². The Morgan fingerprint density at radius 1 is 1.33 bits per heavy atom. The first-order valence-corrected chi connectivity index (χ1v) is 9.17. The molecule has 3 heterocycles. The van der Waals surface area contributed by atoms with Crippen LogP contribution in [0.3, 0.4) is 0 Å². The van der Waals surface area contributed by atoms with Crippen LogP contribution in [0, 0.1) is 0 Å². The van der Waals surface area contributed by atoms with Crippen LogP contribution in [0.25, 0.3) is 10.9 Å². The molecule has 3 aromatic rings. The van der Waals surface area contributed by atoms with Gasteiger partial charge >= 0.3 is 0 Å². The Bertz CT molecular complexity index is 933. The lowest BCUT2D eigenvalue weighted by molar-refractivity contribution is 0.0800. The fourth-order valence-electron chi connectivity index (χ4n) is 3.32. The monoisotopic (exact) mass is 365 g/mol. The molecule has 140 valence electrons. The summed E-state index contributed by atoms with van der Waals surface area (Å²) < 4.78 is 5.43. The van der Waals surface area contributed by atoms with Crippen LogP contribution in [0.15, 0.2) is 42.9 Å². The molecular formula is C20H23N5O2. The zero-order valence-electron chi connectivity index (χ0n) is 15.3. The van der Waals surface area contributed by atoms with Crippen LogP contribution >= 0.6 is 0 Å². The van der Waals surface area contributed by atoms with Crippen molar-refractivity contribution in [2.75, 3.05) is 38.7 Å². The molecule has 1 aromatic carbocycles. The van der Waals surface area contributed by atoms with Gasteiger partial charge in [-0.25, -0.2) is 9.97 Å². The van der Waals surface area contributed by atoms with Crippen LogP contribution in [-0.4, -0.2) is 59.1 Å². The topological polar surface area (TPSA) is 83.1 Å². The molecule has 2 N–H and O–H groups in total. The highest BCUT2D eigenvalue weighted by molar-refractivity contribution is 5.97. The van der Waals surface area contributed by atoms with Crippen LogP contribution in [0.2, 0.25) is 0 Å². The predicted molar refractivity (Wildman–Crippen MR) is 104 cm³/mol. The molecule has 1 aliphatic rings. The van der Waals surface area contributed by atoms with E-state index in [0.717, 1.165) is 42.0 Å². The highest BCUT2D eigenvalue weighted by atomic mass is 16.5. The normalized spacial score (nSPS) is 16.6. The summed E-state index contributed by atoms with van der Waals surface area (Å²) in [6, 6.07) is 9.64. The summed E-state index contributed by atoms with van der Waals surface area (Å²) in [6.45, 7) is 2.71. The molecule has 0 radical (unpaired) electrons. The Morgan fingerprint density at radius 3 is 3.11 bits per heavy atom. The van der Waals surface area contributed by atoms with Gasteiger partial charge in [-0.3, -0.25) is 4.79 Å². The zero-order chi connectivity index (χ0) is 18.6. The number of fused-ring (bicyclic) bond motifs is 1. The number of carbonyl (C=O) groups excluding carboxylic acids is 1. The number of hydrogen-bond acceptors (Lipinski definition) is 5. The standard InChI is InChI=1S/C20H23N5O2/c1-25(20(26)15-2-3-17-14(10-15)4-6-21-17)8-7-22-19-11-18(23-13-24-19)16-5-9-27-12-16/h2-4,6,10-11,13,16,21H,5,7-9,12H2,1H3,(H,22,23,24). The smallest absolute Gasteiger partial charge is 0.253 e. The van der Waals surface area contributed by atoms with Crippen molar-refractivity contribution in [1.29, 1.82) is 0 Å². The number of aromatic nitrogens is 3. The van der Waals surface area contributed by atoms with Crippen molar-refractivity contribution in [2.24, 2.45) is 0 Å². The molecule has 0 bridgehead atoms. The Kier molecular flexibility index (Phi) is 5.02. The maximum atomic E-state index is 12.6. The first-order valence-electron chi connectivity index (χ1n) is 9.17. The molecule has 1 unspecified atom stereocenters. The summed E-state index contributed by atoms with van der Waals surface area (Å²) in [7, 11) is 1.81. The average molecular weight is 365 g/mol. The lowest BCUT2D eigenvalue weighted by Crippen LogP contribution is -2.31. The predicted octanol–water partition coefficient (Wildman–Crippen LogP) is 2.65. The highest BCUT2D eigenvalue weighted by Gasteiger charge is 2.19. The Hall–Kier alpha value is -2.93. The molecule has 1 amide bonds. The average Bonchev–Trinajstić information content (AvgIpc) is 3.38. The summed E-state index contributed by atoms with van der Waals surface area (Å²) >= 11 is 0. The second-order valence-electron chi connectivity index (χ2n) is 6.82. The number of carbonyl (C=O) groups is 1. The van der Waals surface area contributed by atoms with Gasteiger partial charge in [-0.15, -0.1) is 0 Å². The largest absolute Gasteiger partial charge is 0.381 e. The summed E-state index contributed by atoms with van der Waals surface area (Å²) in [4.78, 5) is 26.1. The van der Waals surface area contributed by atoms with E-state index in [9.17, 15) is 4.79 Å². The number of ether oxygens (including phenoxy) is 1. The summed E-state index contributed by atoms with van der Waals surface area (Å²) in [5, 5.41) is 4.32. The lowest BCUT2D eigenvalue weighted by Gasteiger charge is -2.18. The van der Waals surface area contributed by atoms with Gasteiger partial charge in [-0.2, -0.15) is 0 Å². The van der Waals surface area contributed by atoms with E-state index < -0.39 is 0 Å². The fourth-order valence-corrected chi connectivity index (χ4v) is 3.32. The van der Waals surface area contributed by atoms with Crippen LogP contribution in [0.4, 0.5) is 5.82 Å². The molecule has 4 rings (SSSR count). The van der Waals surface area contributed by atoms with Crippen molar-refractivity contribution in [2.45, 2.75) is 12.3 Å². The number of benzene rings is 1. The Morgan fingerprint density at radius 2 is 2.26 bits per heavy atom. The third-order valence-corrected chi connectivity index (χ3v) is 4.94. The number of anilines is 1. The van der Waals surface area contributed by atoms with Crippen molar-refractivity contribution < 1.29 is 9.53 Å². The van der Waals surface area contributed by atoms with Crippen LogP contribution in [0.1, 0.15) is 28.4 Å². The lowest BCUT2D eigenvalue weighted by atomic mass is 10.1.